The van der Waals surface area contributed by atoms with Gasteiger partial charge in [-0.15, -0.1) is 10.2 Å². The second-order valence-corrected chi connectivity index (χ2v) is 5.52. The van der Waals surface area contributed by atoms with Crippen LogP contribution in [0.5, 0.6) is 0 Å². The first kappa shape index (κ1) is 14.8. The van der Waals surface area contributed by atoms with Crippen molar-refractivity contribution in [3.05, 3.63) is 5.82 Å². The molecule has 0 radical (unpaired) electrons. The molecule has 1 unspecified atom stereocenters. The highest BCUT2D eigenvalue weighted by Crippen LogP contribution is 2.21. The predicted octanol–water partition coefficient (Wildman–Crippen LogP) is 0.523. The molecule has 1 heterocycles. The summed E-state index contributed by atoms with van der Waals surface area (Å²) >= 11 is 0. The third kappa shape index (κ3) is 5.40. The van der Waals surface area contributed by atoms with E-state index in [0.717, 1.165) is 0 Å². The normalized spacial score (nSPS) is 14.7. The van der Waals surface area contributed by atoms with Crippen molar-refractivity contribution in [1.29, 1.82) is 0 Å². The molecule has 2 N–H and O–H groups in total. The van der Waals surface area contributed by atoms with E-state index in [4.69, 9.17) is 0 Å². The maximum atomic E-state index is 11.9. The predicted molar refractivity (Wildman–Crippen MR) is 54.8 cm³/mol. The average Bonchev–Trinajstić information content (AvgIpc) is 2.66. The number of H-pyrrole nitrogens is 1. The Bertz CT molecular complexity index is 458. The average molecular weight is 287 g/mol. The lowest BCUT2D eigenvalue weighted by atomic mass is 10.3. The quantitative estimate of drug-likeness (QED) is 0.794. The molecule has 1 rings (SSSR count). The maximum absolute atomic E-state index is 11.9. The Morgan fingerprint density at radius 3 is 2.61 bits per heavy atom. The van der Waals surface area contributed by atoms with Crippen LogP contribution in [0.3, 0.4) is 0 Å². The van der Waals surface area contributed by atoms with E-state index in [1.54, 1.807) is 0 Å². The third-order valence-corrected chi connectivity index (χ3v) is 3.52. The van der Waals surface area contributed by atoms with Crippen LogP contribution < -0.4 is 4.72 Å². The van der Waals surface area contributed by atoms with Gasteiger partial charge in [0.25, 0.3) is 0 Å². The number of nitrogens with one attached hydrogen (secondary N) is 2. The van der Waals surface area contributed by atoms with Crippen molar-refractivity contribution in [3.8, 4) is 0 Å². The number of aromatic nitrogens is 4. The molecular weight excluding hydrogens is 275 g/mol. The van der Waals surface area contributed by atoms with E-state index in [1.807, 2.05) is 0 Å². The fraction of sp³-hybridized carbons (Fsp3) is 0.857. The lowest BCUT2D eigenvalue weighted by Gasteiger charge is -2.11. The van der Waals surface area contributed by atoms with Gasteiger partial charge in [-0.25, -0.2) is 13.1 Å². The Balaban J connectivity index is 2.45. The molecule has 7 nitrogen and oxygen atoms in total. The molecule has 0 saturated heterocycles. The molecule has 0 aliphatic rings. The van der Waals surface area contributed by atoms with Gasteiger partial charge in [-0.05, 0) is 13.3 Å². The van der Waals surface area contributed by atoms with Crippen LogP contribution in [0.2, 0.25) is 0 Å². The molecule has 1 aromatic rings. The standard InChI is InChI=1S/C7H12F3N5O2S/c1-5(6-11-14-15-12-6)13-18(16,17)4-2-3-7(8,9)10/h5,13H,2-4H2,1H3,(H,11,12,14,15). The minimum atomic E-state index is -4.35. The van der Waals surface area contributed by atoms with Crippen LogP contribution in [0.4, 0.5) is 13.2 Å². The van der Waals surface area contributed by atoms with Gasteiger partial charge in [0.1, 0.15) is 0 Å². The molecule has 0 amide bonds. The van der Waals surface area contributed by atoms with Gasteiger partial charge in [0, 0.05) is 6.42 Å². The van der Waals surface area contributed by atoms with Gasteiger partial charge in [0.2, 0.25) is 10.0 Å². The maximum Gasteiger partial charge on any atom is 0.389 e. The molecule has 0 aliphatic carbocycles. The second kappa shape index (κ2) is 5.61. The zero-order chi connectivity index (χ0) is 13.8. The van der Waals surface area contributed by atoms with E-state index < -0.39 is 40.8 Å². The molecule has 0 spiro atoms. The van der Waals surface area contributed by atoms with Crippen LogP contribution >= 0.6 is 0 Å². The van der Waals surface area contributed by atoms with E-state index >= 15 is 0 Å². The summed E-state index contributed by atoms with van der Waals surface area (Å²) in [6, 6.07) is -0.750. The molecule has 0 aromatic carbocycles. The number of nitrogens with zero attached hydrogens (tertiary/aromatic N) is 3. The number of rotatable bonds is 6. The molecule has 0 aliphatic heterocycles. The first-order chi connectivity index (χ1) is 8.20. The number of aromatic amines is 1. The Morgan fingerprint density at radius 1 is 1.44 bits per heavy atom. The van der Waals surface area contributed by atoms with Crippen molar-refractivity contribution in [2.75, 3.05) is 5.75 Å². The summed E-state index contributed by atoms with van der Waals surface area (Å²) in [5.74, 6) is -0.483. The molecule has 1 atom stereocenters. The molecule has 0 fully saturated rings. The monoisotopic (exact) mass is 287 g/mol. The van der Waals surface area contributed by atoms with Crippen molar-refractivity contribution < 1.29 is 21.6 Å². The van der Waals surface area contributed by atoms with Crippen molar-refractivity contribution in [1.82, 2.24) is 25.3 Å². The molecule has 18 heavy (non-hydrogen) atoms. The first-order valence-electron chi connectivity index (χ1n) is 5.00. The summed E-state index contributed by atoms with van der Waals surface area (Å²) in [6.45, 7) is 1.46. The van der Waals surface area contributed by atoms with Crippen molar-refractivity contribution in [2.45, 2.75) is 32.0 Å². The lowest BCUT2D eigenvalue weighted by Crippen LogP contribution is -2.30. The molecule has 11 heteroatoms. The first-order valence-corrected chi connectivity index (χ1v) is 6.65. The fourth-order valence-electron chi connectivity index (χ4n) is 1.20. The number of tetrazole rings is 1. The summed E-state index contributed by atoms with van der Waals surface area (Å²) in [5.41, 5.74) is 0. The Hall–Kier alpha value is -1.23. The highest BCUT2D eigenvalue weighted by Gasteiger charge is 2.28. The second-order valence-electron chi connectivity index (χ2n) is 3.65. The summed E-state index contributed by atoms with van der Waals surface area (Å²) < 4.78 is 60.7. The highest BCUT2D eigenvalue weighted by molar-refractivity contribution is 7.89. The van der Waals surface area contributed by atoms with Crippen LogP contribution in [0.15, 0.2) is 0 Å². The molecule has 0 bridgehead atoms. The van der Waals surface area contributed by atoms with Gasteiger partial charge in [-0.1, -0.05) is 5.21 Å². The van der Waals surface area contributed by atoms with Gasteiger partial charge in [-0.2, -0.15) is 18.4 Å². The van der Waals surface area contributed by atoms with E-state index in [-0.39, 0.29) is 5.82 Å². The zero-order valence-corrected chi connectivity index (χ0v) is 10.2. The zero-order valence-electron chi connectivity index (χ0n) is 9.40. The molecule has 0 saturated carbocycles. The van der Waals surface area contributed by atoms with Gasteiger partial charge >= 0.3 is 6.18 Å². The Morgan fingerprint density at radius 2 is 2.11 bits per heavy atom. The Kier molecular flexibility index (Phi) is 4.62. The topological polar surface area (TPSA) is 101 Å². The van der Waals surface area contributed by atoms with E-state index in [9.17, 15) is 21.6 Å². The SMILES string of the molecule is CC(NS(=O)(=O)CCCC(F)(F)F)c1nn[nH]n1. The minimum absolute atomic E-state index is 0.120. The molecule has 1 aromatic heterocycles. The van der Waals surface area contributed by atoms with Crippen LogP contribution in [0.25, 0.3) is 0 Å². The number of hydrogen-bond donors (Lipinski definition) is 2. The van der Waals surface area contributed by atoms with Gasteiger partial charge in [-0.3, -0.25) is 0 Å². The fourth-order valence-corrected chi connectivity index (χ4v) is 2.48. The third-order valence-electron chi connectivity index (χ3n) is 1.98. The van der Waals surface area contributed by atoms with E-state index in [1.165, 1.54) is 6.92 Å². The summed E-state index contributed by atoms with van der Waals surface area (Å²) in [7, 11) is -3.80. The van der Waals surface area contributed by atoms with Gasteiger partial charge < -0.3 is 0 Å². The summed E-state index contributed by atoms with van der Waals surface area (Å²) in [4.78, 5) is 0. The summed E-state index contributed by atoms with van der Waals surface area (Å²) in [6.07, 6.45) is -5.98. The number of halogens is 3. The number of sulfonamides is 1. The minimum Gasteiger partial charge on any atom is -0.212 e. The van der Waals surface area contributed by atoms with Crippen LogP contribution in [-0.4, -0.2) is 41.0 Å². The van der Waals surface area contributed by atoms with Gasteiger partial charge in [0.05, 0.1) is 11.8 Å². The van der Waals surface area contributed by atoms with Crippen LogP contribution in [0.1, 0.15) is 31.6 Å². The smallest absolute Gasteiger partial charge is 0.212 e. The van der Waals surface area contributed by atoms with E-state index in [0.29, 0.717) is 0 Å². The number of hydrogen-bond acceptors (Lipinski definition) is 5. The van der Waals surface area contributed by atoms with Crippen LogP contribution in [0, 0.1) is 0 Å². The number of alkyl halides is 3. The molecule has 104 valence electrons. The van der Waals surface area contributed by atoms with Crippen LogP contribution in [-0.2, 0) is 10.0 Å². The lowest BCUT2D eigenvalue weighted by molar-refractivity contribution is -0.134. The molecular formula is C7H12F3N5O2S. The highest BCUT2D eigenvalue weighted by atomic mass is 32.2. The van der Waals surface area contributed by atoms with Crippen molar-refractivity contribution >= 4 is 10.0 Å². The van der Waals surface area contributed by atoms with Crippen molar-refractivity contribution in [3.63, 3.8) is 0 Å². The van der Waals surface area contributed by atoms with Crippen molar-refractivity contribution in [2.24, 2.45) is 0 Å². The van der Waals surface area contributed by atoms with Gasteiger partial charge in [0.15, 0.2) is 5.82 Å². The Labute approximate surface area is 101 Å². The van der Waals surface area contributed by atoms with E-state index in [2.05, 4.69) is 25.3 Å². The summed E-state index contributed by atoms with van der Waals surface area (Å²) in [5, 5.41) is 12.5. The largest absolute Gasteiger partial charge is 0.389 e.